The van der Waals surface area contributed by atoms with Gasteiger partial charge in [-0.1, -0.05) is 13.8 Å². The second kappa shape index (κ2) is 6.17. The molecule has 1 rings (SSSR count). The highest BCUT2D eigenvalue weighted by molar-refractivity contribution is 7.12. The van der Waals surface area contributed by atoms with Crippen molar-refractivity contribution in [1.82, 2.24) is 0 Å². The fourth-order valence-corrected chi connectivity index (χ4v) is 2.70. The number of rotatable bonds is 5. The topological polar surface area (TPSA) is 46.5 Å². The maximum atomic E-state index is 11.8. The van der Waals surface area contributed by atoms with Gasteiger partial charge in [0.2, 0.25) is 0 Å². The molecule has 2 unspecified atom stereocenters. The first kappa shape index (κ1) is 14.2. The number of aliphatic hydroxyl groups is 1. The quantitative estimate of drug-likeness (QED) is 0.824. The van der Waals surface area contributed by atoms with E-state index in [0.29, 0.717) is 6.61 Å². The Kier molecular flexibility index (Phi) is 5.15. The van der Waals surface area contributed by atoms with Crippen LogP contribution >= 0.6 is 11.3 Å². The van der Waals surface area contributed by atoms with E-state index in [4.69, 9.17) is 4.74 Å². The first-order chi connectivity index (χ1) is 7.97. The van der Waals surface area contributed by atoms with Crippen molar-refractivity contribution in [3.63, 3.8) is 0 Å². The second-order valence-corrected chi connectivity index (χ2v) is 5.73. The maximum absolute atomic E-state index is 11.8. The molecule has 0 amide bonds. The highest BCUT2D eigenvalue weighted by Gasteiger charge is 2.32. The lowest BCUT2D eigenvalue weighted by molar-refractivity contribution is -0.154. The second-order valence-electron chi connectivity index (χ2n) is 4.42. The van der Waals surface area contributed by atoms with Gasteiger partial charge in [-0.2, -0.15) is 0 Å². The molecule has 0 spiro atoms. The Morgan fingerprint density at radius 3 is 2.53 bits per heavy atom. The minimum Gasteiger partial charge on any atom is -0.466 e. The normalized spacial score (nSPS) is 14.7. The molecule has 3 nitrogen and oxygen atoms in total. The third-order valence-corrected chi connectivity index (χ3v) is 3.74. The molecule has 4 heteroatoms. The monoisotopic (exact) mass is 256 g/mol. The van der Waals surface area contributed by atoms with Crippen molar-refractivity contribution >= 4 is 17.3 Å². The highest BCUT2D eigenvalue weighted by Crippen LogP contribution is 2.33. The Balaban J connectivity index is 2.87. The summed E-state index contributed by atoms with van der Waals surface area (Å²) in [5.74, 6) is -0.763. The zero-order chi connectivity index (χ0) is 13.0. The molecule has 1 aromatic heterocycles. The summed E-state index contributed by atoms with van der Waals surface area (Å²) in [6.45, 7) is 7.95. The third-order valence-electron chi connectivity index (χ3n) is 2.67. The fraction of sp³-hybridized carbons (Fsp3) is 0.615. The average molecular weight is 256 g/mol. The van der Waals surface area contributed by atoms with Crippen LogP contribution in [-0.2, 0) is 9.53 Å². The summed E-state index contributed by atoms with van der Waals surface area (Å²) in [6, 6.07) is 3.82. The molecule has 0 aliphatic heterocycles. The first-order valence-corrected chi connectivity index (χ1v) is 6.70. The average Bonchev–Trinajstić information content (AvgIpc) is 2.64. The van der Waals surface area contributed by atoms with E-state index in [1.807, 2.05) is 32.9 Å². The number of aliphatic hydroxyl groups excluding tert-OH is 1. The van der Waals surface area contributed by atoms with Gasteiger partial charge in [0, 0.05) is 9.75 Å². The van der Waals surface area contributed by atoms with E-state index >= 15 is 0 Å². The van der Waals surface area contributed by atoms with Crippen LogP contribution in [0.25, 0.3) is 0 Å². The van der Waals surface area contributed by atoms with Crippen LogP contribution in [0, 0.1) is 18.8 Å². The molecule has 0 fully saturated rings. The molecule has 1 heterocycles. The molecular weight excluding hydrogens is 236 g/mol. The predicted molar refractivity (Wildman–Crippen MR) is 69.0 cm³/mol. The summed E-state index contributed by atoms with van der Waals surface area (Å²) in [6.07, 6.45) is -0.771. The van der Waals surface area contributed by atoms with E-state index in [-0.39, 0.29) is 11.9 Å². The van der Waals surface area contributed by atoms with Crippen molar-refractivity contribution in [2.45, 2.75) is 33.8 Å². The van der Waals surface area contributed by atoms with Crippen LogP contribution in [0.3, 0.4) is 0 Å². The van der Waals surface area contributed by atoms with E-state index in [1.54, 1.807) is 6.92 Å². The zero-order valence-corrected chi connectivity index (χ0v) is 11.6. The standard InChI is InChI=1S/C13H20O3S/c1-5-16-13(15)11(8(2)3)12(14)10-7-6-9(4)17-10/h6-8,11-12,14H,5H2,1-4H3. The SMILES string of the molecule is CCOC(=O)C(C(C)C)C(O)c1ccc(C)s1. The number of thiophene rings is 1. The summed E-state index contributed by atoms with van der Waals surface area (Å²) >= 11 is 1.52. The summed E-state index contributed by atoms with van der Waals surface area (Å²) in [7, 11) is 0. The Labute approximate surface area is 106 Å². The van der Waals surface area contributed by atoms with Crippen molar-refractivity contribution in [1.29, 1.82) is 0 Å². The summed E-state index contributed by atoms with van der Waals surface area (Å²) < 4.78 is 5.02. The number of hydrogen-bond acceptors (Lipinski definition) is 4. The lowest BCUT2D eigenvalue weighted by Crippen LogP contribution is -2.28. The predicted octanol–water partition coefficient (Wildman–Crippen LogP) is 2.93. The van der Waals surface area contributed by atoms with Gasteiger partial charge in [0.1, 0.15) is 6.10 Å². The summed E-state index contributed by atoms with van der Waals surface area (Å²) in [4.78, 5) is 13.8. The smallest absolute Gasteiger partial charge is 0.312 e. The third kappa shape index (κ3) is 3.54. The van der Waals surface area contributed by atoms with Crippen molar-refractivity contribution in [2.75, 3.05) is 6.61 Å². The molecule has 1 aromatic rings. The Hall–Kier alpha value is -0.870. The molecule has 0 aliphatic carbocycles. The molecule has 0 saturated carbocycles. The van der Waals surface area contributed by atoms with E-state index in [0.717, 1.165) is 9.75 Å². The van der Waals surface area contributed by atoms with Crippen LogP contribution in [0.4, 0.5) is 0 Å². The molecular formula is C13H20O3S. The van der Waals surface area contributed by atoms with E-state index < -0.39 is 12.0 Å². The maximum Gasteiger partial charge on any atom is 0.312 e. The van der Waals surface area contributed by atoms with E-state index in [2.05, 4.69) is 0 Å². The van der Waals surface area contributed by atoms with Crippen LogP contribution in [0.2, 0.25) is 0 Å². The summed E-state index contributed by atoms with van der Waals surface area (Å²) in [5.41, 5.74) is 0. The Bertz CT molecular complexity index is 370. The number of carbonyl (C=O) groups is 1. The number of ether oxygens (including phenoxy) is 1. The van der Waals surface area contributed by atoms with Crippen LogP contribution in [-0.4, -0.2) is 17.7 Å². The first-order valence-electron chi connectivity index (χ1n) is 5.88. The molecule has 0 saturated heterocycles. The minimum atomic E-state index is -0.771. The Morgan fingerprint density at radius 1 is 1.47 bits per heavy atom. The molecule has 2 atom stereocenters. The lowest BCUT2D eigenvalue weighted by atomic mass is 9.89. The van der Waals surface area contributed by atoms with E-state index in [1.165, 1.54) is 11.3 Å². The number of carbonyl (C=O) groups excluding carboxylic acids is 1. The summed E-state index contributed by atoms with van der Waals surface area (Å²) in [5, 5.41) is 10.3. The van der Waals surface area contributed by atoms with Crippen LogP contribution in [0.1, 0.15) is 36.6 Å². The minimum absolute atomic E-state index is 0.0476. The number of hydrogen-bond donors (Lipinski definition) is 1. The van der Waals surface area contributed by atoms with Gasteiger partial charge in [0.15, 0.2) is 0 Å². The largest absolute Gasteiger partial charge is 0.466 e. The number of esters is 1. The van der Waals surface area contributed by atoms with Gasteiger partial charge in [-0.05, 0) is 31.9 Å². The van der Waals surface area contributed by atoms with Gasteiger partial charge >= 0.3 is 5.97 Å². The molecule has 1 N–H and O–H groups in total. The van der Waals surface area contributed by atoms with Gasteiger partial charge in [0.25, 0.3) is 0 Å². The van der Waals surface area contributed by atoms with Gasteiger partial charge in [0.05, 0.1) is 12.5 Å². The fourth-order valence-electron chi connectivity index (χ4n) is 1.79. The van der Waals surface area contributed by atoms with Gasteiger partial charge in [-0.3, -0.25) is 4.79 Å². The molecule has 96 valence electrons. The van der Waals surface area contributed by atoms with Gasteiger partial charge in [-0.15, -0.1) is 11.3 Å². The van der Waals surface area contributed by atoms with Crippen LogP contribution in [0.5, 0.6) is 0 Å². The van der Waals surface area contributed by atoms with Crippen LogP contribution in [0.15, 0.2) is 12.1 Å². The molecule has 17 heavy (non-hydrogen) atoms. The lowest BCUT2D eigenvalue weighted by Gasteiger charge is -2.23. The molecule has 0 aliphatic rings. The van der Waals surface area contributed by atoms with Crippen LogP contribution < -0.4 is 0 Å². The van der Waals surface area contributed by atoms with Gasteiger partial charge < -0.3 is 9.84 Å². The highest BCUT2D eigenvalue weighted by atomic mass is 32.1. The molecule has 0 aromatic carbocycles. The van der Waals surface area contributed by atoms with Gasteiger partial charge in [-0.25, -0.2) is 0 Å². The zero-order valence-electron chi connectivity index (χ0n) is 10.8. The molecule has 0 radical (unpaired) electrons. The molecule has 0 bridgehead atoms. The number of aryl methyl sites for hydroxylation is 1. The van der Waals surface area contributed by atoms with E-state index in [9.17, 15) is 9.90 Å². The van der Waals surface area contributed by atoms with Crippen molar-refractivity contribution in [3.05, 3.63) is 21.9 Å². The Morgan fingerprint density at radius 2 is 2.12 bits per heavy atom. The van der Waals surface area contributed by atoms with Crippen molar-refractivity contribution < 1.29 is 14.6 Å². The van der Waals surface area contributed by atoms with Crippen molar-refractivity contribution in [2.24, 2.45) is 11.8 Å². The van der Waals surface area contributed by atoms with Crippen molar-refractivity contribution in [3.8, 4) is 0 Å².